The van der Waals surface area contributed by atoms with Gasteiger partial charge in [-0.1, -0.05) is 15.9 Å². The molecule has 1 aliphatic carbocycles. The monoisotopic (exact) mass is 314 g/mol. The second-order valence-electron chi connectivity index (χ2n) is 4.52. The highest BCUT2D eigenvalue weighted by molar-refractivity contribution is 9.10. The Morgan fingerprint density at radius 1 is 1.33 bits per heavy atom. The first-order valence-electron chi connectivity index (χ1n) is 6.08. The summed E-state index contributed by atoms with van der Waals surface area (Å²) in [5.74, 6) is 0.165. The lowest BCUT2D eigenvalue weighted by Crippen LogP contribution is -2.32. The fraction of sp³-hybridized carbons (Fsp3) is 0.462. The summed E-state index contributed by atoms with van der Waals surface area (Å²) in [6.07, 6.45) is 2.05. The third kappa shape index (κ3) is 4.38. The van der Waals surface area contributed by atoms with Gasteiger partial charge >= 0.3 is 0 Å². The maximum absolute atomic E-state index is 13.1. The van der Waals surface area contributed by atoms with Crippen molar-refractivity contribution in [3.05, 3.63) is 34.1 Å². The number of halogens is 2. The van der Waals surface area contributed by atoms with Crippen molar-refractivity contribution in [2.45, 2.75) is 19.4 Å². The van der Waals surface area contributed by atoms with Crippen LogP contribution in [-0.2, 0) is 11.3 Å². The molecule has 1 saturated carbocycles. The molecule has 1 aliphatic rings. The number of amides is 1. The molecule has 0 saturated heterocycles. The Balaban J connectivity index is 1.63. The van der Waals surface area contributed by atoms with E-state index in [9.17, 15) is 9.18 Å². The Bertz CT molecular complexity index is 415. The second-order valence-corrected chi connectivity index (χ2v) is 5.44. The van der Waals surface area contributed by atoms with Gasteiger partial charge < -0.3 is 10.6 Å². The topological polar surface area (TPSA) is 41.1 Å². The summed E-state index contributed by atoms with van der Waals surface area (Å²) < 4.78 is 13.8. The van der Waals surface area contributed by atoms with Gasteiger partial charge in [-0.25, -0.2) is 4.39 Å². The lowest BCUT2D eigenvalue weighted by molar-refractivity contribution is -0.122. The molecule has 0 heterocycles. The van der Waals surface area contributed by atoms with Gasteiger partial charge in [0.05, 0.1) is 0 Å². The van der Waals surface area contributed by atoms with Crippen LogP contribution in [0.25, 0.3) is 0 Å². The van der Waals surface area contributed by atoms with E-state index in [2.05, 4.69) is 26.6 Å². The van der Waals surface area contributed by atoms with Crippen LogP contribution in [0.5, 0.6) is 0 Å². The number of rotatable bonds is 6. The number of nitrogens with one attached hydrogen (secondary N) is 2. The van der Waals surface area contributed by atoms with Gasteiger partial charge in [-0.15, -0.1) is 0 Å². The van der Waals surface area contributed by atoms with Crippen LogP contribution in [0, 0.1) is 11.7 Å². The zero-order valence-corrected chi connectivity index (χ0v) is 11.6. The second kappa shape index (κ2) is 6.29. The lowest BCUT2D eigenvalue weighted by atomic mass is 10.2. The molecule has 0 atom stereocenters. The predicted molar refractivity (Wildman–Crippen MR) is 71.5 cm³/mol. The maximum atomic E-state index is 13.1. The van der Waals surface area contributed by atoms with Crippen molar-refractivity contribution >= 4 is 21.8 Å². The summed E-state index contributed by atoms with van der Waals surface area (Å²) in [4.78, 5) is 11.3. The Kier molecular flexibility index (Phi) is 4.72. The van der Waals surface area contributed by atoms with Gasteiger partial charge in [0, 0.05) is 30.0 Å². The van der Waals surface area contributed by atoms with E-state index in [4.69, 9.17) is 0 Å². The highest BCUT2D eigenvalue weighted by Gasteiger charge is 2.28. The first kappa shape index (κ1) is 13.5. The zero-order valence-electron chi connectivity index (χ0n) is 10.0. The number of benzene rings is 1. The minimum atomic E-state index is -0.247. The smallest absolute Gasteiger partial charge is 0.223 e. The highest BCUT2D eigenvalue weighted by Crippen LogP contribution is 2.28. The van der Waals surface area contributed by atoms with Gasteiger partial charge in [-0.2, -0.15) is 0 Å². The molecule has 0 aliphatic heterocycles. The van der Waals surface area contributed by atoms with Crippen molar-refractivity contribution in [1.29, 1.82) is 0 Å². The molecule has 0 radical (unpaired) electrons. The number of hydrogen-bond acceptors (Lipinski definition) is 2. The summed E-state index contributed by atoms with van der Waals surface area (Å²) in [5.41, 5.74) is 0.885. The van der Waals surface area contributed by atoms with Crippen LogP contribution < -0.4 is 10.6 Å². The number of carbonyl (C=O) groups is 1. The summed E-state index contributed by atoms with van der Waals surface area (Å²) in [6.45, 7) is 1.90. The van der Waals surface area contributed by atoms with Gasteiger partial charge in [-0.05, 0) is 36.6 Å². The summed E-state index contributed by atoms with van der Waals surface area (Å²) >= 11 is 3.25. The van der Waals surface area contributed by atoms with Gasteiger partial charge in [0.25, 0.3) is 0 Å². The molecule has 5 heteroatoms. The molecular formula is C13H16BrFN2O. The summed E-state index contributed by atoms with van der Waals surface area (Å²) in [6, 6.07) is 4.80. The van der Waals surface area contributed by atoms with Crippen LogP contribution in [0.1, 0.15) is 18.4 Å². The Morgan fingerprint density at radius 2 is 2.11 bits per heavy atom. The van der Waals surface area contributed by atoms with Crippen molar-refractivity contribution in [2.75, 3.05) is 13.1 Å². The van der Waals surface area contributed by atoms with Gasteiger partial charge in [-0.3, -0.25) is 4.79 Å². The predicted octanol–water partition coefficient (Wildman–Crippen LogP) is 2.20. The molecule has 2 N–H and O–H groups in total. The minimum absolute atomic E-state index is 0.158. The van der Waals surface area contributed by atoms with E-state index in [1.54, 1.807) is 0 Å². The van der Waals surface area contributed by atoms with E-state index in [0.717, 1.165) is 22.9 Å². The minimum Gasteiger partial charge on any atom is -0.355 e. The number of hydrogen-bond donors (Lipinski definition) is 2. The third-order valence-electron chi connectivity index (χ3n) is 2.80. The SMILES string of the molecule is O=C(NCCNCc1cc(F)cc(Br)c1)C1CC1. The number of carbonyl (C=O) groups excluding carboxylic acids is 1. The van der Waals surface area contributed by atoms with Crippen molar-refractivity contribution in [3.8, 4) is 0 Å². The normalized spacial score (nSPS) is 14.6. The molecule has 0 aromatic heterocycles. The van der Waals surface area contributed by atoms with Crippen LogP contribution in [0.3, 0.4) is 0 Å². The van der Waals surface area contributed by atoms with Crippen molar-refractivity contribution in [1.82, 2.24) is 10.6 Å². The molecule has 1 aromatic rings. The van der Waals surface area contributed by atoms with E-state index in [0.29, 0.717) is 19.6 Å². The van der Waals surface area contributed by atoms with Gasteiger partial charge in [0.2, 0.25) is 5.91 Å². The molecule has 0 bridgehead atoms. The first-order valence-corrected chi connectivity index (χ1v) is 6.88. The van der Waals surface area contributed by atoms with Crippen LogP contribution in [0.15, 0.2) is 22.7 Å². The van der Waals surface area contributed by atoms with Crippen LogP contribution in [0.4, 0.5) is 4.39 Å². The van der Waals surface area contributed by atoms with E-state index >= 15 is 0 Å². The van der Waals surface area contributed by atoms with Crippen molar-refractivity contribution in [3.63, 3.8) is 0 Å². The van der Waals surface area contributed by atoms with Crippen LogP contribution in [-0.4, -0.2) is 19.0 Å². The molecular weight excluding hydrogens is 299 g/mol. The lowest BCUT2D eigenvalue weighted by Gasteiger charge is -2.07. The van der Waals surface area contributed by atoms with E-state index in [1.807, 2.05) is 6.07 Å². The Labute approximate surface area is 114 Å². The van der Waals surface area contributed by atoms with Gasteiger partial charge in [0.1, 0.15) is 5.82 Å². The molecule has 98 valence electrons. The molecule has 1 amide bonds. The highest BCUT2D eigenvalue weighted by atomic mass is 79.9. The van der Waals surface area contributed by atoms with Crippen LogP contribution in [0.2, 0.25) is 0 Å². The van der Waals surface area contributed by atoms with Crippen LogP contribution >= 0.6 is 15.9 Å². The van der Waals surface area contributed by atoms with E-state index in [1.165, 1.54) is 12.1 Å². The summed E-state index contributed by atoms with van der Waals surface area (Å²) in [7, 11) is 0. The van der Waals surface area contributed by atoms with Crippen molar-refractivity contribution in [2.24, 2.45) is 5.92 Å². The largest absolute Gasteiger partial charge is 0.355 e. The zero-order chi connectivity index (χ0) is 13.0. The fourth-order valence-electron chi connectivity index (χ4n) is 1.71. The molecule has 2 rings (SSSR count). The maximum Gasteiger partial charge on any atom is 0.223 e. The summed E-state index contributed by atoms with van der Waals surface area (Å²) in [5, 5.41) is 6.04. The standard InChI is InChI=1S/C13H16BrFN2O/c14-11-5-9(6-12(15)7-11)8-16-3-4-17-13(18)10-1-2-10/h5-7,10,16H,1-4,8H2,(H,17,18). The molecule has 0 unspecified atom stereocenters. The molecule has 18 heavy (non-hydrogen) atoms. The van der Waals surface area contributed by atoms with E-state index < -0.39 is 0 Å². The molecule has 1 fully saturated rings. The quantitative estimate of drug-likeness (QED) is 0.790. The fourth-order valence-corrected chi connectivity index (χ4v) is 2.22. The molecule has 1 aromatic carbocycles. The average molecular weight is 315 g/mol. The Hall–Kier alpha value is -0.940. The molecule has 3 nitrogen and oxygen atoms in total. The first-order chi connectivity index (χ1) is 8.65. The Morgan fingerprint density at radius 3 is 2.78 bits per heavy atom. The van der Waals surface area contributed by atoms with Gasteiger partial charge in [0.15, 0.2) is 0 Å². The average Bonchev–Trinajstić information content (AvgIpc) is 3.10. The third-order valence-corrected chi connectivity index (χ3v) is 3.26. The molecule has 0 spiro atoms. The van der Waals surface area contributed by atoms with Crippen molar-refractivity contribution < 1.29 is 9.18 Å². The van der Waals surface area contributed by atoms with E-state index in [-0.39, 0.29) is 17.6 Å².